The molecule has 1 aromatic heterocycles. The molecular formula is C23H31N5O3. The third kappa shape index (κ3) is 5.95. The van der Waals surface area contributed by atoms with Crippen molar-refractivity contribution in [1.82, 2.24) is 15.2 Å². The van der Waals surface area contributed by atoms with Crippen LogP contribution in [0.2, 0.25) is 0 Å². The minimum atomic E-state index is -0.674. The van der Waals surface area contributed by atoms with Crippen molar-refractivity contribution in [2.75, 3.05) is 50.6 Å². The Hall–Kier alpha value is -3.13. The van der Waals surface area contributed by atoms with E-state index in [0.29, 0.717) is 17.0 Å². The molecule has 2 aromatic rings. The number of methoxy groups -OCH3 is 1. The van der Waals surface area contributed by atoms with Gasteiger partial charge in [-0.15, -0.1) is 0 Å². The summed E-state index contributed by atoms with van der Waals surface area (Å²) in [7, 11) is 3.68. The van der Waals surface area contributed by atoms with Gasteiger partial charge in [-0.3, -0.25) is 9.59 Å². The number of rotatable bonds is 7. The fourth-order valence-electron chi connectivity index (χ4n) is 3.40. The maximum Gasteiger partial charge on any atom is 0.251 e. The molecule has 3 rings (SSSR count). The van der Waals surface area contributed by atoms with Gasteiger partial charge < -0.3 is 25.2 Å². The molecule has 2 heterocycles. The monoisotopic (exact) mass is 425 g/mol. The van der Waals surface area contributed by atoms with Gasteiger partial charge in [0.2, 0.25) is 5.91 Å². The number of benzene rings is 1. The number of pyridine rings is 1. The maximum atomic E-state index is 12.9. The number of carbonyl (C=O) groups is 2. The molecule has 8 heteroatoms. The molecule has 1 aromatic carbocycles. The minimum Gasteiger partial charge on any atom is -0.497 e. The van der Waals surface area contributed by atoms with Crippen LogP contribution in [0.1, 0.15) is 24.2 Å². The van der Waals surface area contributed by atoms with Gasteiger partial charge in [0, 0.05) is 31.7 Å². The number of ether oxygens (including phenoxy) is 1. The molecule has 1 saturated heterocycles. The molecule has 0 spiro atoms. The molecule has 2 amide bonds. The average molecular weight is 426 g/mol. The highest BCUT2D eigenvalue weighted by Gasteiger charge is 2.25. The van der Waals surface area contributed by atoms with E-state index in [4.69, 9.17) is 4.74 Å². The lowest BCUT2D eigenvalue weighted by atomic mass is 10.0. The first-order valence-corrected chi connectivity index (χ1v) is 10.5. The average Bonchev–Trinajstić information content (AvgIpc) is 2.78. The van der Waals surface area contributed by atoms with Crippen molar-refractivity contribution in [3.8, 4) is 5.75 Å². The van der Waals surface area contributed by atoms with Crippen LogP contribution in [0, 0.1) is 5.92 Å². The number of piperazine rings is 1. The third-order valence-corrected chi connectivity index (χ3v) is 5.43. The van der Waals surface area contributed by atoms with Crippen LogP contribution in [-0.4, -0.2) is 68.1 Å². The molecule has 1 atom stereocenters. The Morgan fingerprint density at radius 2 is 1.71 bits per heavy atom. The smallest absolute Gasteiger partial charge is 0.251 e. The molecule has 1 fully saturated rings. The summed E-state index contributed by atoms with van der Waals surface area (Å²) < 4.78 is 5.12. The minimum absolute atomic E-state index is 0.0835. The highest BCUT2D eigenvalue weighted by atomic mass is 16.5. The molecule has 166 valence electrons. The van der Waals surface area contributed by atoms with Crippen LogP contribution in [0.5, 0.6) is 5.75 Å². The summed E-state index contributed by atoms with van der Waals surface area (Å²) in [6.07, 6.45) is 1.66. The molecule has 0 aliphatic carbocycles. The van der Waals surface area contributed by atoms with Crippen molar-refractivity contribution in [3.05, 3.63) is 48.2 Å². The standard InChI is InChI=1S/C23H31N5O3/c1-16(2)21(26-22(29)17-5-8-19(31-4)9-6-17)23(30)25-18-7-10-20(24-15-18)28-13-11-27(3)12-14-28/h5-10,15-16,21H,11-14H2,1-4H3,(H,25,30)(H,26,29)/t21-/m0/s1. The maximum absolute atomic E-state index is 12.9. The van der Waals surface area contributed by atoms with Gasteiger partial charge in [-0.2, -0.15) is 0 Å². The van der Waals surface area contributed by atoms with Gasteiger partial charge in [0.1, 0.15) is 17.6 Å². The molecule has 2 N–H and O–H groups in total. The highest BCUT2D eigenvalue weighted by Crippen LogP contribution is 2.17. The predicted molar refractivity (Wildman–Crippen MR) is 122 cm³/mol. The van der Waals surface area contributed by atoms with E-state index in [-0.39, 0.29) is 17.7 Å². The Kier molecular flexibility index (Phi) is 7.46. The van der Waals surface area contributed by atoms with Gasteiger partial charge in [0.05, 0.1) is 19.0 Å². The SMILES string of the molecule is COc1ccc(C(=O)N[C@H](C(=O)Nc2ccc(N3CCN(C)CC3)nc2)C(C)C)cc1. The first kappa shape index (κ1) is 22.6. The van der Waals surface area contributed by atoms with Crippen LogP contribution in [-0.2, 0) is 4.79 Å². The fraction of sp³-hybridized carbons (Fsp3) is 0.435. The van der Waals surface area contributed by atoms with Crippen molar-refractivity contribution in [3.63, 3.8) is 0 Å². The lowest BCUT2D eigenvalue weighted by Gasteiger charge is -2.33. The van der Waals surface area contributed by atoms with E-state index >= 15 is 0 Å². The topological polar surface area (TPSA) is 86.8 Å². The summed E-state index contributed by atoms with van der Waals surface area (Å²) in [6.45, 7) is 7.67. The van der Waals surface area contributed by atoms with Crippen molar-refractivity contribution in [2.45, 2.75) is 19.9 Å². The molecule has 1 aliphatic rings. The van der Waals surface area contributed by atoms with Crippen LogP contribution < -0.4 is 20.3 Å². The number of nitrogens with one attached hydrogen (secondary N) is 2. The zero-order valence-corrected chi connectivity index (χ0v) is 18.6. The number of anilines is 2. The Bertz CT molecular complexity index is 875. The molecule has 0 saturated carbocycles. The molecule has 0 unspecified atom stereocenters. The van der Waals surface area contributed by atoms with Gasteiger partial charge in [-0.1, -0.05) is 13.8 Å². The first-order chi connectivity index (χ1) is 14.9. The lowest BCUT2D eigenvalue weighted by Crippen LogP contribution is -2.47. The van der Waals surface area contributed by atoms with E-state index in [9.17, 15) is 9.59 Å². The number of aromatic nitrogens is 1. The second kappa shape index (κ2) is 10.3. The zero-order valence-electron chi connectivity index (χ0n) is 18.6. The van der Waals surface area contributed by atoms with Crippen molar-refractivity contribution in [1.29, 1.82) is 0 Å². The molecule has 31 heavy (non-hydrogen) atoms. The van der Waals surface area contributed by atoms with Gasteiger partial charge in [-0.05, 0) is 49.4 Å². The number of likely N-dealkylation sites (N-methyl/N-ethyl adjacent to an activating group) is 1. The predicted octanol–water partition coefficient (Wildman–Crippen LogP) is 2.24. The molecule has 8 nitrogen and oxygen atoms in total. The molecule has 0 bridgehead atoms. The van der Waals surface area contributed by atoms with Crippen LogP contribution in [0.4, 0.5) is 11.5 Å². The Labute approximate surface area is 183 Å². The lowest BCUT2D eigenvalue weighted by molar-refractivity contribution is -0.118. The highest BCUT2D eigenvalue weighted by molar-refractivity contribution is 6.01. The molecule has 1 aliphatic heterocycles. The number of carbonyl (C=O) groups excluding carboxylic acids is 2. The van der Waals surface area contributed by atoms with Crippen LogP contribution in [0.15, 0.2) is 42.6 Å². The van der Waals surface area contributed by atoms with E-state index in [1.165, 1.54) is 0 Å². The van der Waals surface area contributed by atoms with Crippen LogP contribution in [0.3, 0.4) is 0 Å². The van der Waals surface area contributed by atoms with E-state index in [1.807, 2.05) is 26.0 Å². The number of hydrogen-bond donors (Lipinski definition) is 2. The summed E-state index contributed by atoms with van der Waals surface area (Å²) in [5, 5.41) is 5.71. The van der Waals surface area contributed by atoms with E-state index < -0.39 is 6.04 Å². The van der Waals surface area contributed by atoms with E-state index in [1.54, 1.807) is 37.6 Å². The first-order valence-electron chi connectivity index (χ1n) is 10.5. The van der Waals surface area contributed by atoms with Gasteiger partial charge in [-0.25, -0.2) is 4.98 Å². The fourth-order valence-corrected chi connectivity index (χ4v) is 3.40. The van der Waals surface area contributed by atoms with Crippen molar-refractivity contribution in [2.24, 2.45) is 5.92 Å². The van der Waals surface area contributed by atoms with Gasteiger partial charge >= 0.3 is 0 Å². The summed E-state index contributed by atoms with van der Waals surface area (Å²) in [4.78, 5) is 34.5. The van der Waals surface area contributed by atoms with Crippen LogP contribution >= 0.6 is 0 Å². The second-order valence-electron chi connectivity index (χ2n) is 8.11. The largest absolute Gasteiger partial charge is 0.497 e. The summed E-state index contributed by atoms with van der Waals surface area (Å²) >= 11 is 0. The normalized spacial score (nSPS) is 15.5. The number of amides is 2. The Balaban J connectivity index is 1.61. The second-order valence-corrected chi connectivity index (χ2v) is 8.11. The zero-order chi connectivity index (χ0) is 22.4. The van der Waals surface area contributed by atoms with Crippen molar-refractivity contribution >= 4 is 23.3 Å². The van der Waals surface area contributed by atoms with Gasteiger partial charge in [0.25, 0.3) is 5.91 Å². The van der Waals surface area contributed by atoms with E-state index in [0.717, 1.165) is 32.0 Å². The summed E-state index contributed by atoms with van der Waals surface area (Å²) in [5.74, 6) is 0.910. The summed E-state index contributed by atoms with van der Waals surface area (Å²) in [5.41, 5.74) is 1.07. The van der Waals surface area contributed by atoms with Crippen molar-refractivity contribution < 1.29 is 14.3 Å². The number of hydrogen-bond acceptors (Lipinski definition) is 6. The Morgan fingerprint density at radius 3 is 2.26 bits per heavy atom. The summed E-state index contributed by atoms with van der Waals surface area (Å²) in [6, 6.07) is 9.86. The van der Waals surface area contributed by atoms with E-state index in [2.05, 4.69) is 32.5 Å². The number of nitrogens with zero attached hydrogens (tertiary/aromatic N) is 3. The molecule has 0 radical (unpaired) electrons. The quantitative estimate of drug-likeness (QED) is 0.708. The Morgan fingerprint density at radius 1 is 1.03 bits per heavy atom. The third-order valence-electron chi connectivity index (χ3n) is 5.43. The van der Waals surface area contributed by atoms with Gasteiger partial charge in [0.15, 0.2) is 0 Å². The molecular weight excluding hydrogens is 394 g/mol. The van der Waals surface area contributed by atoms with Crippen LogP contribution in [0.25, 0.3) is 0 Å².